The highest BCUT2D eigenvalue weighted by Crippen LogP contribution is 2.25. The fourth-order valence-electron chi connectivity index (χ4n) is 1.75. The van der Waals surface area contributed by atoms with Crippen molar-refractivity contribution in [1.29, 1.82) is 0 Å². The minimum Gasteiger partial charge on any atom is -0.494 e. The number of hydrogen-bond donors (Lipinski definition) is 0. The summed E-state index contributed by atoms with van der Waals surface area (Å²) in [4.78, 5) is 17.1. The van der Waals surface area contributed by atoms with Crippen LogP contribution in [0.2, 0.25) is 0 Å². The number of methoxy groups -OCH3 is 1. The average molecular weight is 288 g/mol. The molecule has 21 heavy (non-hydrogen) atoms. The van der Waals surface area contributed by atoms with Gasteiger partial charge in [-0.2, -0.15) is 0 Å². The second-order valence-corrected chi connectivity index (χ2v) is 5.49. The van der Waals surface area contributed by atoms with Crippen LogP contribution in [-0.4, -0.2) is 27.0 Å². The molecule has 0 saturated heterocycles. The van der Waals surface area contributed by atoms with Crippen LogP contribution < -0.4 is 9.47 Å². The minimum absolute atomic E-state index is 0.289. The first kappa shape index (κ1) is 15.2. The summed E-state index contributed by atoms with van der Waals surface area (Å²) in [5, 5.41) is 0. The maximum absolute atomic E-state index is 5.91. The number of hydrogen-bond acceptors (Lipinski definition) is 6. The third kappa shape index (κ3) is 3.65. The van der Waals surface area contributed by atoms with Crippen molar-refractivity contribution in [2.75, 3.05) is 7.11 Å². The molecular weight excluding hydrogens is 268 g/mol. The third-order valence-corrected chi connectivity index (χ3v) is 2.94. The summed E-state index contributed by atoms with van der Waals surface area (Å²) in [7, 11) is 1.58. The van der Waals surface area contributed by atoms with Crippen LogP contribution in [0.4, 0.5) is 0 Å². The van der Waals surface area contributed by atoms with Crippen LogP contribution in [0.1, 0.15) is 45.3 Å². The Morgan fingerprint density at radius 3 is 1.90 bits per heavy atom. The quantitative estimate of drug-likeness (QED) is 0.842. The van der Waals surface area contributed by atoms with Crippen LogP contribution in [0.5, 0.6) is 11.5 Å². The molecule has 0 amide bonds. The van der Waals surface area contributed by atoms with Gasteiger partial charge in [0.05, 0.1) is 31.9 Å². The molecule has 0 radical (unpaired) electrons. The van der Waals surface area contributed by atoms with Crippen LogP contribution >= 0.6 is 0 Å². The maximum Gasteiger partial charge on any atom is 0.172 e. The fraction of sp³-hybridized carbons (Fsp3) is 0.467. The van der Waals surface area contributed by atoms with Crippen LogP contribution in [0.15, 0.2) is 24.8 Å². The average Bonchev–Trinajstić information content (AvgIpc) is 2.47. The predicted molar refractivity (Wildman–Crippen MR) is 78.4 cm³/mol. The molecule has 2 heterocycles. The Morgan fingerprint density at radius 2 is 1.43 bits per heavy atom. The van der Waals surface area contributed by atoms with Gasteiger partial charge in [0.2, 0.25) is 0 Å². The minimum atomic E-state index is -0.686. The molecule has 0 atom stereocenters. The second kappa shape index (κ2) is 6.03. The normalized spacial score (nSPS) is 11.5. The standard InChI is InChI=1S/C15H20N4O2/c1-10(2)13-16-8-12(9-17-13)21-15(3,4)14-18-6-11(20-5)7-19-14/h6-10H,1-5H3. The predicted octanol–water partition coefficient (Wildman–Crippen LogP) is 2.71. The Bertz CT molecular complexity index is 580. The largest absolute Gasteiger partial charge is 0.494 e. The summed E-state index contributed by atoms with van der Waals surface area (Å²) in [6.45, 7) is 7.88. The summed E-state index contributed by atoms with van der Waals surface area (Å²) in [5.74, 6) is 2.84. The van der Waals surface area contributed by atoms with E-state index in [0.717, 1.165) is 5.82 Å². The van der Waals surface area contributed by atoms with Crippen molar-refractivity contribution in [2.45, 2.75) is 39.2 Å². The number of ether oxygens (including phenoxy) is 2. The molecule has 0 aliphatic rings. The van der Waals surface area contributed by atoms with Gasteiger partial charge in [0.15, 0.2) is 22.9 Å². The van der Waals surface area contributed by atoms with Crippen LogP contribution in [0.3, 0.4) is 0 Å². The molecule has 0 N–H and O–H groups in total. The molecule has 0 unspecified atom stereocenters. The van der Waals surface area contributed by atoms with Crippen molar-refractivity contribution in [2.24, 2.45) is 0 Å². The molecular formula is C15H20N4O2. The molecule has 0 spiro atoms. The van der Waals surface area contributed by atoms with Gasteiger partial charge in [-0.25, -0.2) is 19.9 Å². The first-order chi connectivity index (χ1) is 9.92. The van der Waals surface area contributed by atoms with Gasteiger partial charge in [-0.1, -0.05) is 13.8 Å². The van der Waals surface area contributed by atoms with E-state index in [1.807, 2.05) is 27.7 Å². The molecule has 112 valence electrons. The molecule has 0 bridgehead atoms. The molecule has 0 saturated carbocycles. The summed E-state index contributed by atoms with van der Waals surface area (Å²) >= 11 is 0. The molecule has 6 heteroatoms. The smallest absolute Gasteiger partial charge is 0.172 e. The number of aromatic nitrogens is 4. The monoisotopic (exact) mass is 288 g/mol. The lowest BCUT2D eigenvalue weighted by atomic mass is 10.1. The molecule has 6 nitrogen and oxygen atoms in total. The molecule has 2 aromatic heterocycles. The van der Waals surface area contributed by atoms with Gasteiger partial charge < -0.3 is 9.47 Å². The maximum atomic E-state index is 5.91. The van der Waals surface area contributed by atoms with E-state index in [4.69, 9.17) is 9.47 Å². The SMILES string of the molecule is COc1cnc(C(C)(C)Oc2cnc(C(C)C)nc2)nc1. The van der Waals surface area contributed by atoms with Gasteiger partial charge in [0.25, 0.3) is 0 Å². The Labute approximate surface area is 124 Å². The van der Waals surface area contributed by atoms with E-state index in [2.05, 4.69) is 19.9 Å². The Morgan fingerprint density at radius 1 is 0.905 bits per heavy atom. The van der Waals surface area contributed by atoms with Crippen molar-refractivity contribution < 1.29 is 9.47 Å². The van der Waals surface area contributed by atoms with Crippen molar-refractivity contribution in [3.05, 3.63) is 36.4 Å². The Balaban J connectivity index is 2.15. The van der Waals surface area contributed by atoms with Crippen LogP contribution in [0.25, 0.3) is 0 Å². The van der Waals surface area contributed by atoms with E-state index < -0.39 is 5.60 Å². The van der Waals surface area contributed by atoms with Gasteiger partial charge >= 0.3 is 0 Å². The molecule has 0 fully saturated rings. The van der Waals surface area contributed by atoms with E-state index >= 15 is 0 Å². The lowest BCUT2D eigenvalue weighted by Crippen LogP contribution is -2.28. The highest BCUT2D eigenvalue weighted by molar-refractivity contribution is 5.18. The zero-order valence-corrected chi connectivity index (χ0v) is 13.0. The summed E-state index contributed by atoms with van der Waals surface area (Å²) in [6.07, 6.45) is 6.58. The van der Waals surface area contributed by atoms with E-state index in [1.54, 1.807) is 31.9 Å². The van der Waals surface area contributed by atoms with Gasteiger partial charge in [-0.05, 0) is 13.8 Å². The lowest BCUT2D eigenvalue weighted by molar-refractivity contribution is 0.0970. The molecule has 0 aliphatic heterocycles. The van der Waals surface area contributed by atoms with Gasteiger partial charge in [0, 0.05) is 5.92 Å². The molecule has 2 aromatic rings. The molecule has 0 aliphatic carbocycles. The van der Waals surface area contributed by atoms with E-state index in [-0.39, 0.29) is 5.92 Å². The zero-order valence-electron chi connectivity index (χ0n) is 13.0. The van der Waals surface area contributed by atoms with Gasteiger partial charge in [-0.15, -0.1) is 0 Å². The molecule has 0 aromatic carbocycles. The summed E-state index contributed by atoms with van der Waals surface area (Å²) in [5.41, 5.74) is -0.686. The first-order valence-corrected chi connectivity index (χ1v) is 6.80. The summed E-state index contributed by atoms with van der Waals surface area (Å²) in [6, 6.07) is 0. The lowest BCUT2D eigenvalue weighted by Gasteiger charge is -2.24. The van der Waals surface area contributed by atoms with Crippen LogP contribution in [0, 0.1) is 0 Å². The fourth-order valence-corrected chi connectivity index (χ4v) is 1.75. The Hall–Kier alpha value is -2.24. The number of nitrogens with zero attached hydrogens (tertiary/aromatic N) is 4. The highest BCUT2D eigenvalue weighted by atomic mass is 16.5. The van der Waals surface area contributed by atoms with Crippen molar-refractivity contribution in [3.63, 3.8) is 0 Å². The van der Waals surface area contributed by atoms with Gasteiger partial charge in [0.1, 0.15) is 5.82 Å². The Kier molecular flexibility index (Phi) is 4.35. The van der Waals surface area contributed by atoms with Gasteiger partial charge in [-0.3, -0.25) is 0 Å². The second-order valence-electron chi connectivity index (χ2n) is 5.49. The first-order valence-electron chi connectivity index (χ1n) is 6.80. The highest BCUT2D eigenvalue weighted by Gasteiger charge is 2.26. The number of rotatable bonds is 5. The topological polar surface area (TPSA) is 70.0 Å². The third-order valence-electron chi connectivity index (χ3n) is 2.94. The van der Waals surface area contributed by atoms with E-state index in [0.29, 0.717) is 17.3 Å². The van der Waals surface area contributed by atoms with Crippen molar-refractivity contribution in [1.82, 2.24) is 19.9 Å². The van der Waals surface area contributed by atoms with E-state index in [9.17, 15) is 0 Å². The molecule has 2 rings (SSSR count). The van der Waals surface area contributed by atoms with Crippen molar-refractivity contribution in [3.8, 4) is 11.5 Å². The zero-order chi connectivity index (χ0) is 15.5. The van der Waals surface area contributed by atoms with E-state index in [1.165, 1.54) is 0 Å². The van der Waals surface area contributed by atoms with Crippen molar-refractivity contribution >= 4 is 0 Å². The summed E-state index contributed by atoms with van der Waals surface area (Å²) < 4.78 is 11.0. The van der Waals surface area contributed by atoms with Crippen LogP contribution in [-0.2, 0) is 5.60 Å².